The molecule has 1 aromatic heterocycles. The molecule has 0 radical (unpaired) electrons. The summed E-state index contributed by atoms with van der Waals surface area (Å²) in [5, 5.41) is 7.79. The zero-order valence-corrected chi connectivity index (χ0v) is 20.6. The van der Waals surface area contributed by atoms with Crippen LogP contribution in [0.2, 0.25) is 0 Å². The Hall–Kier alpha value is -3.14. The van der Waals surface area contributed by atoms with E-state index in [4.69, 9.17) is 4.74 Å². The molecule has 0 unspecified atom stereocenters. The number of carbonyl (C=O) groups excluding carboxylic acids is 3. The number of nitrogens with one attached hydrogen (secondary N) is 1. The minimum absolute atomic E-state index is 0.107. The number of hydrogen-bond donors (Lipinski definition) is 1. The lowest BCUT2D eigenvalue weighted by atomic mass is 10.1. The van der Waals surface area contributed by atoms with Crippen molar-refractivity contribution in [2.45, 2.75) is 58.7 Å². The van der Waals surface area contributed by atoms with Crippen molar-refractivity contribution in [1.82, 2.24) is 24.9 Å². The third-order valence-corrected chi connectivity index (χ3v) is 6.28. The smallest absolute Gasteiger partial charge is 0.410 e. The average molecular weight is 471 g/mol. The van der Waals surface area contributed by atoms with E-state index in [-0.39, 0.29) is 24.5 Å². The number of ether oxygens (including phenoxy) is 1. The first-order valence-corrected chi connectivity index (χ1v) is 11.8. The zero-order chi connectivity index (χ0) is 24.6. The van der Waals surface area contributed by atoms with E-state index in [1.54, 1.807) is 4.68 Å². The van der Waals surface area contributed by atoms with Gasteiger partial charge in [-0.25, -0.2) is 9.59 Å². The highest BCUT2D eigenvalue weighted by atomic mass is 16.6. The molecule has 2 fully saturated rings. The highest BCUT2D eigenvalue weighted by Crippen LogP contribution is 2.28. The first-order chi connectivity index (χ1) is 16.1. The molecule has 184 valence electrons. The zero-order valence-electron chi connectivity index (χ0n) is 20.6. The average Bonchev–Trinajstić information content (AvgIpc) is 3.08. The van der Waals surface area contributed by atoms with E-state index < -0.39 is 11.6 Å². The lowest BCUT2D eigenvalue weighted by molar-refractivity contribution is -0.120. The number of imide groups is 1. The molecule has 0 aliphatic carbocycles. The fourth-order valence-corrected chi connectivity index (χ4v) is 4.58. The summed E-state index contributed by atoms with van der Waals surface area (Å²) in [6.45, 7) is 11.0. The third-order valence-electron chi connectivity index (χ3n) is 6.28. The van der Waals surface area contributed by atoms with E-state index >= 15 is 0 Å². The summed E-state index contributed by atoms with van der Waals surface area (Å²) in [7, 11) is 1.86. The van der Waals surface area contributed by atoms with Crippen LogP contribution < -0.4 is 10.2 Å². The van der Waals surface area contributed by atoms with Gasteiger partial charge in [-0.15, -0.1) is 0 Å². The second kappa shape index (κ2) is 9.25. The Morgan fingerprint density at radius 2 is 1.97 bits per heavy atom. The van der Waals surface area contributed by atoms with Crippen molar-refractivity contribution in [2.75, 3.05) is 31.1 Å². The van der Waals surface area contributed by atoms with Gasteiger partial charge in [0.1, 0.15) is 5.60 Å². The van der Waals surface area contributed by atoms with Crippen LogP contribution in [0.4, 0.5) is 15.4 Å². The van der Waals surface area contributed by atoms with Crippen molar-refractivity contribution in [2.24, 2.45) is 7.05 Å². The lowest BCUT2D eigenvalue weighted by Crippen LogP contribution is -2.55. The summed E-state index contributed by atoms with van der Waals surface area (Å²) in [4.78, 5) is 42.2. The van der Waals surface area contributed by atoms with E-state index in [9.17, 15) is 14.4 Å². The number of urea groups is 1. The standard InChI is InChI=1S/C24H34N6O4/c1-6-17-15-28(11-12-29(17)23(33)34-24(2,3)4)14-16-7-8-18-19(13-16)27(5)26-21(18)30-10-9-20(31)25-22(30)32/h7-8,13,17H,6,9-12,14-15H2,1-5H3,(H,25,31,32)/t17-/m0/s1. The van der Waals surface area contributed by atoms with Gasteiger partial charge in [-0.3, -0.25) is 24.6 Å². The number of nitrogens with zero attached hydrogens (tertiary/aromatic N) is 5. The van der Waals surface area contributed by atoms with Crippen molar-refractivity contribution >= 4 is 34.8 Å². The molecule has 2 aromatic rings. The molecule has 10 heteroatoms. The van der Waals surface area contributed by atoms with Gasteiger partial charge < -0.3 is 9.64 Å². The van der Waals surface area contributed by atoms with Crippen molar-refractivity contribution in [3.05, 3.63) is 23.8 Å². The highest BCUT2D eigenvalue weighted by molar-refractivity contribution is 6.08. The molecule has 2 saturated heterocycles. The van der Waals surface area contributed by atoms with Gasteiger partial charge in [0.15, 0.2) is 5.82 Å². The molecule has 1 N–H and O–H groups in total. The summed E-state index contributed by atoms with van der Waals surface area (Å²) >= 11 is 0. The van der Waals surface area contributed by atoms with E-state index in [2.05, 4.69) is 34.4 Å². The summed E-state index contributed by atoms with van der Waals surface area (Å²) in [6.07, 6.45) is 0.877. The lowest BCUT2D eigenvalue weighted by Gasteiger charge is -2.41. The van der Waals surface area contributed by atoms with Gasteiger partial charge in [-0.2, -0.15) is 5.10 Å². The van der Waals surface area contributed by atoms with Gasteiger partial charge >= 0.3 is 12.1 Å². The number of benzene rings is 1. The molecule has 0 bridgehead atoms. The predicted octanol–water partition coefficient (Wildman–Crippen LogP) is 2.85. The maximum absolute atomic E-state index is 12.6. The monoisotopic (exact) mass is 470 g/mol. The number of fused-ring (bicyclic) bond motifs is 1. The Balaban J connectivity index is 1.47. The van der Waals surface area contributed by atoms with Crippen LogP contribution in [-0.2, 0) is 23.1 Å². The van der Waals surface area contributed by atoms with Crippen LogP contribution in [0.3, 0.4) is 0 Å². The first kappa shape index (κ1) is 24.0. The number of amides is 4. The van der Waals surface area contributed by atoms with E-state index in [0.717, 1.165) is 42.5 Å². The number of aromatic nitrogens is 2. The summed E-state index contributed by atoms with van der Waals surface area (Å²) in [6, 6.07) is 5.82. The molecular formula is C24H34N6O4. The van der Waals surface area contributed by atoms with E-state index in [0.29, 0.717) is 18.9 Å². The number of carbonyl (C=O) groups is 3. The normalized spacial score (nSPS) is 20.1. The third kappa shape index (κ3) is 5.01. The number of aryl methyl sites for hydroxylation is 1. The second-order valence-corrected chi connectivity index (χ2v) is 10.0. The van der Waals surface area contributed by atoms with Gasteiger partial charge in [0, 0.05) is 57.6 Å². The molecule has 2 aliphatic heterocycles. The van der Waals surface area contributed by atoms with Gasteiger partial charge in [0.05, 0.1) is 5.52 Å². The quantitative estimate of drug-likeness (QED) is 0.738. The molecule has 3 heterocycles. The summed E-state index contributed by atoms with van der Waals surface area (Å²) < 4.78 is 7.37. The molecule has 4 amide bonds. The Bertz CT molecular complexity index is 1100. The van der Waals surface area contributed by atoms with Crippen LogP contribution in [0.15, 0.2) is 18.2 Å². The predicted molar refractivity (Wildman–Crippen MR) is 129 cm³/mol. The van der Waals surface area contributed by atoms with Crippen molar-refractivity contribution in [3.8, 4) is 0 Å². The largest absolute Gasteiger partial charge is 0.444 e. The van der Waals surface area contributed by atoms with Crippen LogP contribution in [0, 0.1) is 0 Å². The Labute approximate surface area is 199 Å². The van der Waals surface area contributed by atoms with E-state index in [1.807, 2.05) is 38.8 Å². The molecule has 0 saturated carbocycles. The summed E-state index contributed by atoms with van der Waals surface area (Å²) in [5.74, 6) is 0.298. The minimum Gasteiger partial charge on any atom is -0.444 e. The fourth-order valence-electron chi connectivity index (χ4n) is 4.58. The van der Waals surface area contributed by atoms with Crippen LogP contribution in [0.5, 0.6) is 0 Å². The molecule has 1 aromatic carbocycles. The van der Waals surface area contributed by atoms with Crippen molar-refractivity contribution in [1.29, 1.82) is 0 Å². The Kier molecular flexibility index (Phi) is 6.53. The van der Waals surface area contributed by atoms with Crippen LogP contribution >= 0.6 is 0 Å². The summed E-state index contributed by atoms with van der Waals surface area (Å²) in [5.41, 5.74) is 1.56. The van der Waals surface area contributed by atoms with Gasteiger partial charge in [-0.1, -0.05) is 13.0 Å². The topological polar surface area (TPSA) is 100 Å². The molecule has 4 rings (SSSR count). The van der Waals surface area contributed by atoms with Gasteiger partial charge in [0.25, 0.3) is 0 Å². The maximum atomic E-state index is 12.6. The van der Waals surface area contributed by atoms with E-state index in [1.165, 1.54) is 4.90 Å². The molecular weight excluding hydrogens is 436 g/mol. The number of rotatable bonds is 4. The number of piperazine rings is 1. The molecule has 10 nitrogen and oxygen atoms in total. The Morgan fingerprint density at radius 3 is 2.65 bits per heavy atom. The molecule has 34 heavy (non-hydrogen) atoms. The number of hydrogen-bond acceptors (Lipinski definition) is 6. The first-order valence-electron chi connectivity index (χ1n) is 11.8. The maximum Gasteiger partial charge on any atom is 0.410 e. The fraction of sp³-hybridized carbons (Fsp3) is 0.583. The van der Waals surface area contributed by atoms with Gasteiger partial charge in [-0.05, 0) is 44.9 Å². The second-order valence-electron chi connectivity index (χ2n) is 10.0. The number of anilines is 1. The van der Waals surface area contributed by atoms with Crippen molar-refractivity contribution < 1.29 is 19.1 Å². The van der Waals surface area contributed by atoms with Crippen LogP contribution in [0.25, 0.3) is 10.9 Å². The minimum atomic E-state index is -0.506. The Morgan fingerprint density at radius 1 is 1.21 bits per heavy atom. The highest BCUT2D eigenvalue weighted by Gasteiger charge is 2.32. The van der Waals surface area contributed by atoms with Crippen molar-refractivity contribution in [3.63, 3.8) is 0 Å². The van der Waals surface area contributed by atoms with Gasteiger partial charge in [0.2, 0.25) is 5.91 Å². The molecule has 1 atom stereocenters. The van der Waals surface area contributed by atoms with Crippen LogP contribution in [0.1, 0.15) is 46.1 Å². The SMILES string of the molecule is CC[C@H]1CN(Cc2ccc3c(N4CCC(=O)NC4=O)nn(C)c3c2)CCN1C(=O)OC(C)(C)C. The van der Waals surface area contributed by atoms with Crippen LogP contribution in [-0.4, -0.2) is 75.4 Å². The molecule has 2 aliphatic rings. The molecule has 0 spiro atoms.